The summed E-state index contributed by atoms with van der Waals surface area (Å²) in [6, 6.07) is 12.9. The average Bonchev–Trinajstić information content (AvgIpc) is 3.14. The largest absolute Gasteiger partial charge is 0.453 e. The Labute approximate surface area is 187 Å². The molecule has 0 spiro atoms. The number of rotatable bonds is 4. The van der Waals surface area contributed by atoms with Crippen LogP contribution in [-0.4, -0.2) is 21.9 Å². The van der Waals surface area contributed by atoms with Crippen LogP contribution in [0.2, 0.25) is 0 Å². The van der Waals surface area contributed by atoms with Gasteiger partial charge in [-0.25, -0.2) is 9.18 Å². The Balaban J connectivity index is 1.58. The van der Waals surface area contributed by atoms with Gasteiger partial charge in [0.05, 0.1) is 10.2 Å². The number of nitrogens with one attached hydrogen (secondary N) is 1. The normalized spacial score (nSPS) is 11.4. The van der Waals surface area contributed by atoms with Crippen molar-refractivity contribution in [3.05, 3.63) is 66.7 Å². The van der Waals surface area contributed by atoms with Crippen LogP contribution in [0.25, 0.3) is 20.8 Å². The second-order valence-corrected chi connectivity index (χ2v) is 8.99. The molecule has 7 nitrogen and oxygen atoms in total. The Hall–Kier alpha value is -3.72. The fourth-order valence-electron chi connectivity index (χ4n) is 2.95. The first kappa shape index (κ1) is 21.5. The van der Waals surface area contributed by atoms with E-state index < -0.39 is 17.5 Å². The fourth-order valence-corrected chi connectivity index (χ4v) is 4.04. The quantitative estimate of drug-likeness (QED) is 0.302. The summed E-state index contributed by atoms with van der Waals surface area (Å²) in [6.45, 7) is 5.23. The lowest BCUT2D eigenvalue weighted by Crippen LogP contribution is -2.31. The summed E-state index contributed by atoms with van der Waals surface area (Å²) >= 11 is 1.37. The van der Waals surface area contributed by atoms with Crippen LogP contribution in [0, 0.1) is 5.82 Å². The van der Waals surface area contributed by atoms with Gasteiger partial charge in [-0.2, -0.15) is 0 Å². The van der Waals surface area contributed by atoms with Gasteiger partial charge in [0.25, 0.3) is 5.69 Å². The number of carbonyl (C=O) groups excluding carboxylic acids is 1. The van der Waals surface area contributed by atoms with Gasteiger partial charge in [0, 0.05) is 40.9 Å². The zero-order valence-corrected chi connectivity index (χ0v) is 18.4. The minimum Gasteiger partial charge on any atom is -0.453 e. The molecule has 0 unspecified atom stereocenters. The number of thiophene rings is 1. The summed E-state index contributed by atoms with van der Waals surface area (Å²) in [5.74, 6) is -0.214. The molecule has 3 heterocycles. The molecule has 3 aromatic heterocycles. The number of anilines is 1. The highest BCUT2D eigenvalue weighted by Gasteiger charge is 2.19. The van der Waals surface area contributed by atoms with Crippen molar-refractivity contribution in [2.75, 3.05) is 5.32 Å². The van der Waals surface area contributed by atoms with Gasteiger partial charge in [0.2, 0.25) is 6.20 Å². The Kier molecular flexibility index (Phi) is 5.67. The summed E-state index contributed by atoms with van der Waals surface area (Å²) in [5.41, 5.74) is 0.853. The van der Waals surface area contributed by atoms with Crippen LogP contribution in [0.4, 0.5) is 14.9 Å². The average molecular weight is 455 g/mol. The van der Waals surface area contributed by atoms with Gasteiger partial charge in [0.1, 0.15) is 16.2 Å². The molecule has 0 aliphatic rings. The lowest BCUT2D eigenvalue weighted by Gasteiger charge is -2.19. The molecular weight excluding hydrogens is 433 g/mol. The Morgan fingerprint density at radius 1 is 1.16 bits per heavy atom. The SMILES string of the molecule is CC(C)(C)OC(=O)Nc1ccc(Oc2ccnc3cc(-c4cccc[n+]4O)sc23)c(F)c1. The van der Waals surface area contributed by atoms with Gasteiger partial charge in [-0.1, -0.05) is 0 Å². The summed E-state index contributed by atoms with van der Waals surface area (Å²) in [4.78, 5) is 17.0. The van der Waals surface area contributed by atoms with Gasteiger partial charge in [-0.05, 0) is 45.0 Å². The molecule has 1 aromatic carbocycles. The first-order chi connectivity index (χ1) is 15.2. The Morgan fingerprint density at radius 2 is 1.97 bits per heavy atom. The van der Waals surface area contributed by atoms with Crippen LogP contribution in [0.5, 0.6) is 11.5 Å². The number of amides is 1. The number of hydrogen-bond acceptors (Lipinski definition) is 6. The minimum absolute atomic E-state index is 0.000813. The third kappa shape index (κ3) is 4.78. The van der Waals surface area contributed by atoms with Crippen molar-refractivity contribution in [1.82, 2.24) is 4.98 Å². The molecule has 2 N–H and O–H groups in total. The minimum atomic E-state index is -0.672. The fraction of sp³-hybridized carbons (Fsp3) is 0.174. The molecule has 0 radical (unpaired) electrons. The molecule has 0 fully saturated rings. The number of carbonyl (C=O) groups is 1. The number of pyridine rings is 2. The number of ether oxygens (including phenoxy) is 2. The highest BCUT2D eigenvalue weighted by Crippen LogP contribution is 2.38. The zero-order valence-electron chi connectivity index (χ0n) is 17.6. The zero-order chi connectivity index (χ0) is 22.9. The Bertz CT molecular complexity index is 1300. The van der Waals surface area contributed by atoms with Crippen molar-refractivity contribution >= 4 is 33.3 Å². The van der Waals surface area contributed by atoms with Gasteiger partial charge < -0.3 is 9.47 Å². The highest BCUT2D eigenvalue weighted by molar-refractivity contribution is 7.22. The van der Waals surface area contributed by atoms with E-state index in [9.17, 15) is 14.4 Å². The third-order valence-corrected chi connectivity index (χ3v) is 5.43. The molecule has 1 amide bonds. The number of aromatic nitrogens is 2. The topological polar surface area (TPSA) is 84.6 Å². The van der Waals surface area contributed by atoms with Crippen molar-refractivity contribution in [2.24, 2.45) is 0 Å². The monoisotopic (exact) mass is 454 g/mol. The van der Waals surface area contributed by atoms with Crippen molar-refractivity contribution in [3.63, 3.8) is 0 Å². The van der Waals surface area contributed by atoms with Crippen LogP contribution < -0.4 is 14.8 Å². The molecule has 32 heavy (non-hydrogen) atoms. The van der Waals surface area contributed by atoms with E-state index in [0.29, 0.717) is 21.7 Å². The van der Waals surface area contributed by atoms with E-state index in [1.807, 2.05) is 12.1 Å². The summed E-state index contributed by atoms with van der Waals surface area (Å²) in [7, 11) is 0. The van der Waals surface area contributed by atoms with Crippen LogP contribution in [0.1, 0.15) is 20.8 Å². The molecule has 0 aliphatic heterocycles. The van der Waals surface area contributed by atoms with Crippen LogP contribution in [-0.2, 0) is 4.74 Å². The molecule has 164 valence electrons. The van der Waals surface area contributed by atoms with E-state index in [4.69, 9.17) is 9.47 Å². The van der Waals surface area contributed by atoms with Crippen LogP contribution in [0.3, 0.4) is 0 Å². The smallest absolute Gasteiger partial charge is 0.412 e. The number of nitrogens with zero attached hydrogens (tertiary/aromatic N) is 2. The van der Waals surface area contributed by atoms with Crippen LogP contribution >= 0.6 is 11.3 Å². The maximum absolute atomic E-state index is 14.7. The van der Waals surface area contributed by atoms with Gasteiger partial charge in [-0.3, -0.25) is 15.5 Å². The van der Waals surface area contributed by atoms with E-state index >= 15 is 0 Å². The van der Waals surface area contributed by atoms with Gasteiger partial charge in [-0.15, -0.1) is 11.3 Å². The molecular formula is C23H21FN3O4S+. The Morgan fingerprint density at radius 3 is 2.69 bits per heavy atom. The van der Waals surface area contributed by atoms with Crippen molar-refractivity contribution in [1.29, 1.82) is 0 Å². The molecule has 0 aliphatic carbocycles. The molecule has 4 rings (SSSR count). The van der Waals surface area contributed by atoms with E-state index in [1.54, 1.807) is 45.2 Å². The highest BCUT2D eigenvalue weighted by atomic mass is 32.1. The predicted molar refractivity (Wildman–Crippen MR) is 119 cm³/mol. The maximum Gasteiger partial charge on any atom is 0.412 e. The number of hydrogen-bond donors (Lipinski definition) is 2. The second-order valence-electron chi connectivity index (χ2n) is 7.94. The first-order valence-corrected chi connectivity index (χ1v) is 10.6. The van der Waals surface area contributed by atoms with Gasteiger partial charge >= 0.3 is 6.09 Å². The third-order valence-electron chi connectivity index (χ3n) is 4.26. The molecule has 0 saturated carbocycles. The number of benzene rings is 1. The van der Waals surface area contributed by atoms with E-state index in [1.165, 1.54) is 29.7 Å². The second kappa shape index (κ2) is 8.43. The lowest BCUT2D eigenvalue weighted by molar-refractivity contribution is -0.896. The summed E-state index contributed by atoms with van der Waals surface area (Å²) in [5, 5.41) is 12.6. The first-order valence-electron chi connectivity index (χ1n) is 9.76. The molecule has 9 heteroatoms. The van der Waals surface area contributed by atoms with Gasteiger partial charge in [0.15, 0.2) is 11.6 Å². The van der Waals surface area contributed by atoms with E-state index in [0.717, 1.165) is 15.7 Å². The standard InChI is InChI=1S/C23H20FN3O4S/c1-23(2,3)31-22(28)26-14-7-8-18(15(24)12-14)30-19-9-10-25-16-13-20(32-21(16)19)17-6-4-5-11-27(17)29/h4-13H,1-3H3,(H-,25,26,28,29)/p+1. The van der Waals surface area contributed by atoms with Crippen molar-refractivity contribution in [2.45, 2.75) is 26.4 Å². The lowest BCUT2D eigenvalue weighted by atomic mass is 10.2. The number of fused-ring (bicyclic) bond motifs is 1. The molecule has 0 bridgehead atoms. The molecule has 4 aromatic rings. The van der Waals surface area contributed by atoms with Crippen molar-refractivity contribution in [3.8, 4) is 22.1 Å². The maximum atomic E-state index is 14.7. The molecule has 0 saturated heterocycles. The predicted octanol–water partition coefficient (Wildman–Crippen LogP) is 5.77. The number of halogens is 1. The van der Waals surface area contributed by atoms with Crippen molar-refractivity contribution < 1.29 is 28.6 Å². The van der Waals surface area contributed by atoms with E-state index in [2.05, 4.69) is 10.3 Å². The molecule has 0 atom stereocenters. The summed E-state index contributed by atoms with van der Waals surface area (Å²) < 4.78 is 27.4. The van der Waals surface area contributed by atoms with Crippen LogP contribution in [0.15, 0.2) is 60.9 Å². The van der Waals surface area contributed by atoms with E-state index in [-0.39, 0.29) is 11.4 Å². The summed E-state index contributed by atoms with van der Waals surface area (Å²) in [6.07, 6.45) is 2.43.